The van der Waals surface area contributed by atoms with Crippen LogP contribution in [0.2, 0.25) is 0 Å². The zero-order valence-electron chi connectivity index (χ0n) is 18.4. The van der Waals surface area contributed by atoms with Crippen LogP contribution in [0, 0.1) is 0 Å². The fraction of sp³-hybridized carbons (Fsp3) is 0.208. The first-order chi connectivity index (χ1) is 17.0. The molecule has 1 atom stereocenters. The van der Waals surface area contributed by atoms with E-state index in [4.69, 9.17) is 0 Å². The van der Waals surface area contributed by atoms with Gasteiger partial charge in [0.1, 0.15) is 11.7 Å². The molecule has 2 aromatic heterocycles. The number of nitrogens with one attached hydrogen (secondary N) is 1. The highest BCUT2D eigenvalue weighted by atomic mass is 16.2. The third-order valence-electron chi connectivity index (χ3n) is 6.37. The number of fused-ring (bicyclic) bond motifs is 2. The topological polar surface area (TPSA) is 132 Å². The number of para-hydroxylation sites is 2. The van der Waals surface area contributed by atoms with Gasteiger partial charge in [0, 0.05) is 18.5 Å². The van der Waals surface area contributed by atoms with Gasteiger partial charge >= 0.3 is 0 Å². The number of amides is 4. The Labute approximate surface area is 198 Å². The smallest absolute Gasteiger partial charge is 0.262 e. The summed E-state index contributed by atoms with van der Waals surface area (Å²) in [6.45, 7) is 1.22. The standard InChI is InChI=1S/C24H19N7O4/c32-21-8-7-20(22(33)26-21)31-23(34)15-6-5-14(11-16(15)24(31)35)18-12-30(28-27-18)10-9-29-13-25-17-3-1-2-4-19(17)29/h1-6,11-13,20H,7-10H2,(H,26,32,33). The molecule has 0 aliphatic carbocycles. The Kier molecular flexibility index (Phi) is 4.76. The van der Waals surface area contributed by atoms with Gasteiger partial charge in [-0.05, 0) is 30.7 Å². The molecule has 174 valence electrons. The van der Waals surface area contributed by atoms with Gasteiger partial charge in [-0.1, -0.05) is 23.4 Å². The van der Waals surface area contributed by atoms with Crippen molar-refractivity contribution in [3.8, 4) is 11.3 Å². The minimum absolute atomic E-state index is 0.0764. The van der Waals surface area contributed by atoms with E-state index in [9.17, 15) is 19.2 Å². The summed E-state index contributed by atoms with van der Waals surface area (Å²) in [5, 5.41) is 10.6. The van der Waals surface area contributed by atoms with Gasteiger partial charge in [-0.25, -0.2) is 4.98 Å². The number of rotatable bonds is 5. The van der Waals surface area contributed by atoms with Crippen molar-refractivity contribution in [1.29, 1.82) is 0 Å². The van der Waals surface area contributed by atoms with Gasteiger partial charge in [0.25, 0.3) is 11.8 Å². The predicted octanol–water partition coefficient (Wildman–Crippen LogP) is 1.40. The Morgan fingerprint density at radius 1 is 0.971 bits per heavy atom. The van der Waals surface area contributed by atoms with E-state index in [1.54, 1.807) is 35.4 Å². The molecule has 2 aromatic carbocycles. The maximum absolute atomic E-state index is 13.1. The second kappa shape index (κ2) is 7.97. The molecule has 2 aliphatic heterocycles. The van der Waals surface area contributed by atoms with Crippen LogP contribution in [0.15, 0.2) is 55.0 Å². The second-order valence-electron chi connectivity index (χ2n) is 8.50. The third kappa shape index (κ3) is 3.48. The molecule has 0 saturated carbocycles. The quantitative estimate of drug-likeness (QED) is 0.437. The molecule has 4 heterocycles. The molecular formula is C24H19N7O4. The highest BCUT2D eigenvalue weighted by Crippen LogP contribution is 2.30. The lowest BCUT2D eigenvalue weighted by atomic mass is 10.0. The summed E-state index contributed by atoms with van der Waals surface area (Å²) < 4.78 is 3.75. The highest BCUT2D eigenvalue weighted by Gasteiger charge is 2.44. The molecule has 1 N–H and O–H groups in total. The van der Waals surface area contributed by atoms with Crippen LogP contribution in [0.4, 0.5) is 0 Å². The van der Waals surface area contributed by atoms with E-state index >= 15 is 0 Å². The molecular weight excluding hydrogens is 450 g/mol. The molecule has 2 aliphatic rings. The van der Waals surface area contributed by atoms with Crippen LogP contribution in [0.25, 0.3) is 22.3 Å². The monoisotopic (exact) mass is 469 g/mol. The molecule has 4 aromatic rings. The van der Waals surface area contributed by atoms with Crippen molar-refractivity contribution < 1.29 is 19.2 Å². The number of aromatic nitrogens is 5. The molecule has 11 heteroatoms. The SMILES string of the molecule is O=C1CCC(N2C(=O)c3ccc(-c4cn(CCn5cnc6ccccc65)nn4)cc3C2=O)C(=O)N1. The van der Waals surface area contributed by atoms with Gasteiger partial charge in [-0.2, -0.15) is 0 Å². The molecule has 11 nitrogen and oxygen atoms in total. The molecule has 0 bridgehead atoms. The number of aryl methyl sites for hydroxylation is 2. The van der Waals surface area contributed by atoms with Gasteiger partial charge in [0.2, 0.25) is 11.8 Å². The molecule has 4 amide bonds. The Bertz CT molecular complexity index is 1540. The first kappa shape index (κ1) is 20.9. The number of nitrogens with zero attached hydrogens (tertiary/aromatic N) is 6. The van der Waals surface area contributed by atoms with Gasteiger partial charge in [-0.15, -0.1) is 5.10 Å². The number of hydrogen-bond donors (Lipinski definition) is 1. The molecule has 1 unspecified atom stereocenters. The van der Waals surface area contributed by atoms with Crippen LogP contribution in [-0.4, -0.2) is 59.1 Å². The average Bonchev–Trinajstić information content (AvgIpc) is 3.56. The van der Waals surface area contributed by atoms with Crippen molar-refractivity contribution in [2.75, 3.05) is 0 Å². The fourth-order valence-corrected chi connectivity index (χ4v) is 4.57. The Morgan fingerprint density at radius 2 is 1.80 bits per heavy atom. The van der Waals surface area contributed by atoms with Crippen molar-refractivity contribution in [3.05, 3.63) is 66.1 Å². The minimum atomic E-state index is -0.997. The van der Waals surface area contributed by atoms with Crippen LogP contribution >= 0.6 is 0 Å². The van der Waals surface area contributed by atoms with Crippen LogP contribution < -0.4 is 5.32 Å². The molecule has 0 radical (unpaired) electrons. The van der Waals surface area contributed by atoms with E-state index in [0.717, 1.165) is 15.9 Å². The lowest BCUT2D eigenvalue weighted by molar-refractivity contribution is -0.136. The van der Waals surface area contributed by atoms with Crippen molar-refractivity contribution in [2.24, 2.45) is 0 Å². The van der Waals surface area contributed by atoms with E-state index in [0.29, 0.717) is 24.3 Å². The van der Waals surface area contributed by atoms with Crippen molar-refractivity contribution in [1.82, 2.24) is 34.8 Å². The lowest BCUT2D eigenvalue weighted by Crippen LogP contribution is -2.54. The molecule has 0 spiro atoms. The number of piperidine rings is 1. The van der Waals surface area contributed by atoms with Crippen LogP contribution in [0.1, 0.15) is 33.6 Å². The maximum Gasteiger partial charge on any atom is 0.262 e. The summed E-state index contributed by atoms with van der Waals surface area (Å²) in [5.74, 6) is -2.14. The summed E-state index contributed by atoms with van der Waals surface area (Å²) in [4.78, 5) is 55.0. The number of carbonyl (C=O) groups is 4. The summed E-state index contributed by atoms with van der Waals surface area (Å²) in [5.41, 5.74) is 3.59. The van der Waals surface area contributed by atoms with E-state index < -0.39 is 29.7 Å². The molecule has 1 fully saturated rings. The molecule has 35 heavy (non-hydrogen) atoms. The summed E-state index contributed by atoms with van der Waals surface area (Å²) in [6.07, 6.45) is 3.76. The number of benzene rings is 2. The Hall–Kier alpha value is -4.67. The molecule has 6 rings (SSSR count). The van der Waals surface area contributed by atoms with E-state index in [1.807, 2.05) is 28.8 Å². The third-order valence-corrected chi connectivity index (χ3v) is 6.37. The zero-order valence-corrected chi connectivity index (χ0v) is 18.4. The fourth-order valence-electron chi connectivity index (χ4n) is 4.57. The first-order valence-electron chi connectivity index (χ1n) is 11.2. The van der Waals surface area contributed by atoms with Crippen molar-refractivity contribution in [3.63, 3.8) is 0 Å². The first-order valence-corrected chi connectivity index (χ1v) is 11.2. The highest BCUT2D eigenvalue weighted by molar-refractivity contribution is 6.23. The largest absolute Gasteiger partial charge is 0.329 e. The average molecular weight is 469 g/mol. The number of hydrogen-bond acceptors (Lipinski definition) is 7. The number of carbonyl (C=O) groups excluding carboxylic acids is 4. The van der Waals surface area contributed by atoms with E-state index in [-0.39, 0.29) is 24.0 Å². The predicted molar refractivity (Wildman–Crippen MR) is 122 cm³/mol. The van der Waals surface area contributed by atoms with Gasteiger partial charge in [0.05, 0.1) is 41.2 Å². The van der Waals surface area contributed by atoms with Crippen LogP contribution in [0.5, 0.6) is 0 Å². The van der Waals surface area contributed by atoms with Gasteiger partial charge in [-0.3, -0.25) is 34.1 Å². The molecule has 1 saturated heterocycles. The normalized spacial score (nSPS) is 17.8. The summed E-state index contributed by atoms with van der Waals surface area (Å²) >= 11 is 0. The van der Waals surface area contributed by atoms with E-state index in [1.165, 1.54) is 0 Å². The number of imide groups is 2. The summed E-state index contributed by atoms with van der Waals surface area (Å²) in [7, 11) is 0. The van der Waals surface area contributed by atoms with Crippen LogP contribution in [-0.2, 0) is 22.7 Å². The second-order valence-corrected chi connectivity index (χ2v) is 8.50. The van der Waals surface area contributed by atoms with E-state index in [2.05, 4.69) is 20.6 Å². The van der Waals surface area contributed by atoms with Crippen molar-refractivity contribution in [2.45, 2.75) is 32.0 Å². The Morgan fingerprint density at radius 3 is 2.66 bits per heavy atom. The van der Waals surface area contributed by atoms with Crippen LogP contribution in [0.3, 0.4) is 0 Å². The van der Waals surface area contributed by atoms with Gasteiger partial charge in [0.15, 0.2) is 0 Å². The maximum atomic E-state index is 13.1. The Balaban J connectivity index is 1.21. The number of imidazole rings is 1. The van der Waals surface area contributed by atoms with Gasteiger partial charge < -0.3 is 4.57 Å². The minimum Gasteiger partial charge on any atom is -0.329 e. The zero-order chi connectivity index (χ0) is 24.1. The summed E-state index contributed by atoms with van der Waals surface area (Å²) in [6, 6.07) is 11.8. The van der Waals surface area contributed by atoms with Crippen molar-refractivity contribution >= 4 is 34.7 Å². The lowest BCUT2D eigenvalue weighted by Gasteiger charge is -2.27.